The monoisotopic (exact) mass is 298 g/mol. The minimum absolute atomic E-state index is 0.0120. The summed E-state index contributed by atoms with van der Waals surface area (Å²) in [4.78, 5) is 27.9. The predicted octanol–water partition coefficient (Wildman–Crippen LogP) is 0.509. The van der Waals surface area contributed by atoms with Crippen LogP contribution in [0.3, 0.4) is 0 Å². The van der Waals surface area contributed by atoms with Gasteiger partial charge >= 0.3 is 0 Å². The van der Waals surface area contributed by atoms with Gasteiger partial charge < -0.3 is 19.3 Å². The van der Waals surface area contributed by atoms with E-state index in [0.29, 0.717) is 26.2 Å². The van der Waals surface area contributed by atoms with E-state index in [-0.39, 0.29) is 30.4 Å². The molecule has 2 heterocycles. The maximum atomic E-state index is 12.2. The molecule has 0 N–H and O–H groups in total. The van der Waals surface area contributed by atoms with Crippen LogP contribution in [0.5, 0.6) is 0 Å². The zero-order valence-corrected chi connectivity index (χ0v) is 13.0. The fraction of sp³-hybridized carbons (Fsp3) is 0.867. The van der Waals surface area contributed by atoms with Crippen LogP contribution in [-0.4, -0.2) is 73.7 Å². The first kappa shape index (κ1) is 16.2. The van der Waals surface area contributed by atoms with Crippen LogP contribution in [0.25, 0.3) is 0 Å². The topological polar surface area (TPSA) is 59.1 Å². The number of rotatable bonds is 4. The molecule has 0 saturated carbocycles. The lowest BCUT2D eigenvalue weighted by Crippen LogP contribution is -2.40. The Balaban J connectivity index is 1.76. The number of carbonyl (C=O) groups excluding carboxylic acids is 2. The number of nitrogens with zero attached hydrogens (tertiary/aromatic N) is 2. The Labute approximate surface area is 126 Å². The van der Waals surface area contributed by atoms with Crippen LogP contribution in [0.4, 0.5) is 0 Å². The second kappa shape index (κ2) is 7.75. The van der Waals surface area contributed by atoms with Crippen molar-refractivity contribution in [1.82, 2.24) is 9.80 Å². The first-order chi connectivity index (χ1) is 10.1. The number of carbonyl (C=O) groups is 2. The van der Waals surface area contributed by atoms with E-state index < -0.39 is 0 Å². The van der Waals surface area contributed by atoms with Crippen molar-refractivity contribution in [2.24, 2.45) is 5.92 Å². The molecule has 0 bridgehead atoms. The summed E-state index contributed by atoms with van der Waals surface area (Å²) >= 11 is 0. The quantitative estimate of drug-likeness (QED) is 0.759. The molecule has 2 aliphatic rings. The van der Waals surface area contributed by atoms with Crippen molar-refractivity contribution in [2.45, 2.75) is 32.8 Å². The van der Waals surface area contributed by atoms with E-state index in [1.807, 2.05) is 23.6 Å². The van der Waals surface area contributed by atoms with Gasteiger partial charge in [-0.25, -0.2) is 0 Å². The van der Waals surface area contributed by atoms with Crippen molar-refractivity contribution in [1.29, 1.82) is 0 Å². The zero-order chi connectivity index (χ0) is 15.2. The number of hydrogen-bond donors (Lipinski definition) is 0. The second-order valence-corrected chi connectivity index (χ2v) is 6.01. The maximum absolute atomic E-state index is 12.2. The molecule has 2 amide bonds. The normalized spacial score (nSPS) is 23.5. The van der Waals surface area contributed by atoms with Crippen LogP contribution >= 0.6 is 0 Å². The van der Waals surface area contributed by atoms with Gasteiger partial charge in [-0.15, -0.1) is 0 Å². The van der Waals surface area contributed by atoms with Crippen molar-refractivity contribution in [3.63, 3.8) is 0 Å². The summed E-state index contributed by atoms with van der Waals surface area (Å²) in [5, 5.41) is 0. The van der Waals surface area contributed by atoms with Crippen molar-refractivity contribution < 1.29 is 19.1 Å². The summed E-state index contributed by atoms with van der Waals surface area (Å²) in [6.07, 6.45) is 1.75. The van der Waals surface area contributed by atoms with E-state index in [0.717, 1.165) is 26.0 Å². The summed E-state index contributed by atoms with van der Waals surface area (Å²) in [5.41, 5.74) is 0. The highest BCUT2D eigenvalue weighted by atomic mass is 16.5. The highest BCUT2D eigenvalue weighted by Crippen LogP contribution is 2.10. The van der Waals surface area contributed by atoms with Gasteiger partial charge in [0.1, 0.15) is 6.61 Å². The highest BCUT2D eigenvalue weighted by molar-refractivity contribution is 5.79. The molecule has 2 fully saturated rings. The lowest BCUT2D eigenvalue weighted by Gasteiger charge is -2.23. The SMILES string of the molecule is CC(C)C(=O)N1CCCN(C(=O)COC2CCOC2)CC1. The number of hydrogen-bond acceptors (Lipinski definition) is 4. The lowest BCUT2D eigenvalue weighted by molar-refractivity contribution is -0.139. The molecule has 0 radical (unpaired) electrons. The first-order valence-electron chi connectivity index (χ1n) is 7.84. The van der Waals surface area contributed by atoms with Crippen LogP contribution < -0.4 is 0 Å². The Hall–Kier alpha value is -1.14. The molecule has 2 rings (SSSR count). The van der Waals surface area contributed by atoms with E-state index in [1.165, 1.54) is 0 Å². The average molecular weight is 298 g/mol. The Kier molecular flexibility index (Phi) is 5.99. The molecule has 1 unspecified atom stereocenters. The molecule has 6 nitrogen and oxygen atoms in total. The summed E-state index contributed by atoms with van der Waals surface area (Å²) in [6, 6.07) is 0. The third-order valence-electron chi connectivity index (χ3n) is 3.98. The van der Waals surface area contributed by atoms with Gasteiger partial charge in [-0.1, -0.05) is 13.8 Å². The van der Waals surface area contributed by atoms with Crippen molar-refractivity contribution in [3.8, 4) is 0 Å². The van der Waals surface area contributed by atoms with Gasteiger partial charge in [0.2, 0.25) is 11.8 Å². The van der Waals surface area contributed by atoms with Crippen LogP contribution in [0.15, 0.2) is 0 Å². The number of ether oxygens (including phenoxy) is 2. The Morgan fingerprint density at radius 3 is 2.57 bits per heavy atom. The van der Waals surface area contributed by atoms with Crippen LogP contribution in [-0.2, 0) is 19.1 Å². The molecule has 0 aromatic heterocycles. The Morgan fingerprint density at radius 2 is 1.90 bits per heavy atom. The minimum atomic E-state index is 0.0120. The van der Waals surface area contributed by atoms with Gasteiger partial charge in [0, 0.05) is 38.7 Å². The van der Waals surface area contributed by atoms with Gasteiger partial charge in [0.25, 0.3) is 0 Å². The smallest absolute Gasteiger partial charge is 0.248 e. The van der Waals surface area contributed by atoms with Crippen molar-refractivity contribution >= 4 is 11.8 Å². The molecule has 1 atom stereocenters. The molecule has 0 aromatic carbocycles. The lowest BCUT2D eigenvalue weighted by atomic mass is 10.2. The number of amides is 2. The zero-order valence-electron chi connectivity index (χ0n) is 13.0. The maximum Gasteiger partial charge on any atom is 0.248 e. The van der Waals surface area contributed by atoms with E-state index in [9.17, 15) is 9.59 Å². The van der Waals surface area contributed by atoms with E-state index in [1.54, 1.807) is 0 Å². The predicted molar refractivity (Wildman–Crippen MR) is 77.8 cm³/mol. The van der Waals surface area contributed by atoms with E-state index in [4.69, 9.17) is 9.47 Å². The van der Waals surface area contributed by atoms with Gasteiger partial charge in [-0.2, -0.15) is 0 Å². The van der Waals surface area contributed by atoms with Crippen LogP contribution in [0, 0.1) is 5.92 Å². The van der Waals surface area contributed by atoms with Crippen molar-refractivity contribution in [2.75, 3.05) is 46.0 Å². The van der Waals surface area contributed by atoms with E-state index >= 15 is 0 Å². The first-order valence-corrected chi connectivity index (χ1v) is 7.84. The Bertz CT molecular complexity index is 367. The average Bonchev–Trinajstić information content (AvgIpc) is 2.86. The minimum Gasteiger partial charge on any atom is -0.379 e. The summed E-state index contributed by atoms with van der Waals surface area (Å²) in [6.45, 7) is 7.90. The molecular formula is C15H26N2O4. The van der Waals surface area contributed by atoms with E-state index in [2.05, 4.69) is 0 Å². The summed E-state index contributed by atoms with van der Waals surface area (Å²) < 4.78 is 10.8. The van der Waals surface area contributed by atoms with Gasteiger partial charge in [-0.3, -0.25) is 9.59 Å². The highest BCUT2D eigenvalue weighted by Gasteiger charge is 2.24. The third kappa shape index (κ3) is 4.68. The van der Waals surface area contributed by atoms with Gasteiger partial charge in [0.05, 0.1) is 12.7 Å². The molecule has 6 heteroatoms. The molecule has 21 heavy (non-hydrogen) atoms. The molecule has 120 valence electrons. The molecule has 0 aromatic rings. The van der Waals surface area contributed by atoms with Gasteiger partial charge in [-0.05, 0) is 12.8 Å². The fourth-order valence-corrected chi connectivity index (χ4v) is 2.68. The van der Waals surface area contributed by atoms with Crippen molar-refractivity contribution in [3.05, 3.63) is 0 Å². The Morgan fingerprint density at radius 1 is 1.19 bits per heavy atom. The molecule has 0 aliphatic carbocycles. The van der Waals surface area contributed by atoms with Crippen LogP contribution in [0.1, 0.15) is 26.7 Å². The molecular weight excluding hydrogens is 272 g/mol. The fourth-order valence-electron chi connectivity index (χ4n) is 2.68. The van der Waals surface area contributed by atoms with Gasteiger partial charge in [0.15, 0.2) is 0 Å². The van der Waals surface area contributed by atoms with Crippen LogP contribution in [0.2, 0.25) is 0 Å². The standard InChI is InChI=1S/C15H26N2O4/c1-12(2)15(19)17-6-3-5-16(7-8-17)14(18)11-21-13-4-9-20-10-13/h12-13H,3-11H2,1-2H3. The largest absolute Gasteiger partial charge is 0.379 e. The molecule has 2 aliphatic heterocycles. The second-order valence-electron chi connectivity index (χ2n) is 6.01. The third-order valence-corrected chi connectivity index (χ3v) is 3.98. The molecule has 2 saturated heterocycles. The summed E-state index contributed by atoms with van der Waals surface area (Å²) in [7, 11) is 0. The molecule has 0 spiro atoms. The summed E-state index contributed by atoms with van der Waals surface area (Å²) in [5.74, 6) is 0.197.